The van der Waals surface area contributed by atoms with Crippen molar-refractivity contribution in [2.45, 2.75) is 12.5 Å². The summed E-state index contributed by atoms with van der Waals surface area (Å²) in [6.45, 7) is 0. The fourth-order valence-corrected chi connectivity index (χ4v) is 1.82. The van der Waals surface area contributed by atoms with Crippen molar-refractivity contribution in [1.82, 2.24) is 15.0 Å². The number of rotatable bonds is 1. The molecule has 0 fully saturated rings. The Hall–Kier alpha value is -2.17. The van der Waals surface area contributed by atoms with E-state index in [-0.39, 0.29) is 6.10 Å². The predicted octanol–water partition coefficient (Wildman–Crippen LogP) is 1.13. The molecule has 2 N–H and O–H groups in total. The van der Waals surface area contributed by atoms with Crippen LogP contribution in [0.15, 0.2) is 30.9 Å². The molecule has 2 aromatic heterocycles. The zero-order valence-electron chi connectivity index (χ0n) is 8.50. The molecule has 5 heteroatoms. The third-order valence-corrected chi connectivity index (χ3v) is 2.64. The van der Waals surface area contributed by atoms with Crippen LogP contribution in [0.2, 0.25) is 0 Å². The van der Waals surface area contributed by atoms with Crippen LogP contribution < -0.4 is 10.5 Å². The molecule has 0 saturated heterocycles. The summed E-state index contributed by atoms with van der Waals surface area (Å²) >= 11 is 0. The SMILES string of the molecule is Nc1ncnc2c1CC(c1cccnc1)O2. The summed E-state index contributed by atoms with van der Waals surface area (Å²) in [4.78, 5) is 12.1. The van der Waals surface area contributed by atoms with Crippen molar-refractivity contribution in [2.24, 2.45) is 0 Å². The van der Waals surface area contributed by atoms with Gasteiger partial charge in [-0.1, -0.05) is 6.07 Å². The van der Waals surface area contributed by atoms with Crippen LogP contribution in [0.1, 0.15) is 17.2 Å². The maximum atomic E-state index is 5.77. The van der Waals surface area contributed by atoms with Crippen molar-refractivity contribution >= 4 is 5.82 Å². The summed E-state index contributed by atoms with van der Waals surface area (Å²) in [6.07, 6.45) is 5.59. The van der Waals surface area contributed by atoms with Gasteiger partial charge in [-0.2, -0.15) is 0 Å². The maximum Gasteiger partial charge on any atom is 0.222 e. The molecule has 1 aliphatic rings. The van der Waals surface area contributed by atoms with E-state index in [2.05, 4.69) is 15.0 Å². The summed E-state index contributed by atoms with van der Waals surface area (Å²) in [5.41, 5.74) is 7.68. The van der Waals surface area contributed by atoms with E-state index < -0.39 is 0 Å². The van der Waals surface area contributed by atoms with Crippen LogP contribution in [-0.2, 0) is 6.42 Å². The first-order chi connectivity index (χ1) is 7.84. The largest absolute Gasteiger partial charge is 0.469 e. The fourth-order valence-electron chi connectivity index (χ4n) is 1.82. The topological polar surface area (TPSA) is 73.9 Å². The summed E-state index contributed by atoms with van der Waals surface area (Å²) in [6, 6.07) is 3.86. The van der Waals surface area contributed by atoms with Gasteiger partial charge in [0.15, 0.2) is 0 Å². The van der Waals surface area contributed by atoms with Gasteiger partial charge in [0.05, 0.1) is 5.56 Å². The normalized spacial score (nSPS) is 17.9. The molecular weight excluding hydrogens is 204 g/mol. The van der Waals surface area contributed by atoms with Crippen molar-refractivity contribution in [1.29, 1.82) is 0 Å². The zero-order chi connectivity index (χ0) is 11.0. The molecular formula is C11H10N4O. The molecule has 3 rings (SSSR count). The molecule has 1 unspecified atom stereocenters. The molecule has 5 nitrogen and oxygen atoms in total. The lowest BCUT2D eigenvalue weighted by molar-refractivity contribution is 0.230. The Morgan fingerprint density at radius 3 is 3.06 bits per heavy atom. The number of aromatic nitrogens is 3. The van der Waals surface area contributed by atoms with E-state index in [0.29, 0.717) is 18.1 Å². The van der Waals surface area contributed by atoms with Gasteiger partial charge in [0.2, 0.25) is 5.88 Å². The minimum atomic E-state index is -0.0531. The monoisotopic (exact) mass is 214 g/mol. The van der Waals surface area contributed by atoms with Crippen LogP contribution >= 0.6 is 0 Å². The van der Waals surface area contributed by atoms with Gasteiger partial charge in [0.25, 0.3) is 0 Å². The Kier molecular flexibility index (Phi) is 1.96. The average Bonchev–Trinajstić information content (AvgIpc) is 2.76. The van der Waals surface area contributed by atoms with Crippen LogP contribution in [0.25, 0.3) is 0 Å². The lowest BCUT2D eigenvalue weighted by Gasteiger charge is -2.08. The van der Waals surface area contributed by atoms with Crippen LogP contribution in [0, 0.1) is 0 Å². The summed E-state index contributed by atoms with van der Waals surface area (Å²) < 4.78 is 5.70. The highest BCUT2D eigenvalue weighted by molar-refractivity contribution is 5.48. The summed E-state index contributed by atoms with van der Waals surface area (Å²) in [7, 11) is 0. The Morgan fingerprint density at radius 1 is 1.38 bits per heavy atom. The van der Waals surface area contributed by atoms with Gasteiger partial charge in [0.1, 0.15) is 18.2 Å². The molecule has 0 saturated carbocycles. The van der Waals surface area contributed by atoms with E-state index in [4.69, 9.17) is 10.5 Å². The molecule has 2 aromatic rings. The van der Waals surface area contributed by atoms with E-state index in [9.17, 15) is 0 Å². The first-order valence-electron chi connectivity index (χ1n) is 5.00. The van der Waals surface area contributed by atoms with Crippen LogP contribution in [0.5, 0.6) is 5.88 Å². The van der Waals surface area contributed by atoms with Gasteiger partial charge in [-0.05, 0) is 6.07 Å². The number of hydrogen-bond donors (Lipinski definition) is 1. The number of hydrogen-bond acceptors (Lipinski definition) is 5. The predicted molar refractivity (Wildman–Crippen MR) is 57.8 cm³/mol. The van der Waals surface area contributed by atoms with E-state index in [0.717, 1.165) is 11.1 Å². The second kappa shape index (κ2) is 3.44. The highest BCUT2D eigenvalue weighted by atomic mass is 16.5. The molecule has 0 aliphatic carbocycles. The molecule has 1 aliphatic heterocycles. The highest BCUT2D eigenvalue weighted by Gasteiger charge is 2.27. The molecule has 0 aromatic carbocycles. The molecule has 0 spiro atoms. The van der Waals surface area contributed by atoms with Gasteiger partial charge < -0.3 is 10.5 Å². The first kappa shape index (κ1) is 9.08. The van der Waals surface area contributed by atoms with Gasteiger partial charge >= 0.3 is 0 Å². The number of anilines is 1. The van der Waals surface area contributed by atoms with Gasteiger partial charge in [0, 0.05) is 24.4 Å². The molecule has 3 heterocycles. The fraction of sp³-hybridized carbons (Fsp3) is 0.182. The molecule has 0 radical (unpaired) electrons. The zero-order valence-corrected chi connectivity index (χ0v) is 8.50. The van der Waals surface area contributed by atoms with Gasteiger partial charge in [-0.15, -0.1) is 0 Å². The molecule has 0 bridgehead atoms. The highest BCUT2D eigenvalue weighted by Crippen LogP contribution is 2.36. The molecule has 0 amide bonds. The molecule has 1 atom stereocenters. The van der Waals surface area contributed by atoms with Crippen LogP contribution in [0.4, 0.5) is 5.82 Å². The molecule has 16 heavy (non-hydrogen) atoms. The van der Waals surface area contributed by atoms with E-state index >= 15 is 0 Å². The molecule has 80 valence electrons. The van der Waals surface area contributed by atoms with Crippen molar-refractivity contribution < 1.29 is 4.74 Å². The van der Waals surface area contributed by atoms with Crippen LogP contribution in [-0.4, -0.2) is 15.0 Å². The lowest BCUT2D eigenvalue weighted by Crippen LogP contribution is -2.03. The number of pyridine rings is 1. The van der Waals surface area contributed by atoms with E-state index in [1.807, 2.05) is 12.1 Å². The summed E-state index contributed by atoms with van der Waals surface area (Å²) in [5.74, 6) is 1.08. The second-order valence-corrected chi connectivity index (χ2v) is 3.64. The van der Waals surface area contributed by atoms with E-state index in [1.54, 1.807) is 12.4 Å². The van der Waals surface area contributed by atoms with Gasteiger partial charge in [-0.25, -0.2) is 9.97 Å². The third-order valence-electron chi connectivity index (χ3n) is 2.64. The third kappa shape index (κ3) is 1.37. The number of nitrogens with zero attached hydrogens (tertiary/aromatic N) is 3. The number of nitrogens with two attached hydrogens (primary N) is 1. The second-order valence-electron chi connectivity index (χ2n) is 3.64. The standard InChI is InChI=1S/C11H10N4O/c12-10-8-4-9(7-2-1-3-13-5-7)16-11(8)15-6-14-10/h1-3,5-6,9H,4H2,(H2,12,14,15). The van der Waals surface area contributed by atoms with Crippen molar-refractivity contribution in [2.75, 3.05) is 5.73 Å². The smallest absolute Gasteiger partial charge is 0.222 e. The Balaban J connectivity index is 1.94. The average molecular weight is 214 g/mol. The minimum Gasteiger partial charge on any atom is -0.469 e. The van der Waals surface area contributed by atoms with E-state index in [1.165, 1.54) is 6.33 Å². The maximum absolute atomic E-state index is 5.77. The summed E-state index contributed by atoms with van der Waals surface area (Å²) in [5, 5.41) is 0. The quantitative estimate of drug-likeness (QED) is 0.770. The van der Waals surface area contributed by atoms with Crippen LogP contribution in [0.3, 0.4) is 0 Å². The Morgan fingerprint density at radius 2 is 2.31 bits per heavy atom. The number of ether oxygens (including phenoxy) is 1. The van der Waals surface area contributed by atoms with Crippen molar-refractivity contribution in [3.05, 3.63) is 42.0 Å². The van der Waals surface area contributed by atoms with Gasteiger partial charge in [-0.3, -0.25) is 4.98 Å². The first-order valence-corrected chi connectivity index (χ1v) is 5.00. The number of fused-ring (bicyclic) bond motifs is 1. The van der Waals surface area contributed by atoms with Crippen molar-refractivity contribution in [3.63, 3.8) is 0 Å². The van der Waals surface area contributed by atoms with Crippen molar-refractivity contribution in [3.8, 4) is 5.88 Å². The Bertz CT molecular complexity index is 515. The number of nitrogen functional groups attached to an aromatic ring is 1. The lowest BCUT2D eigenvalue weighted by atomic mass is 10.1. The minimum absolute atomic E-state index is 0.0531. The Labute approximate surface area is 92.3 Å².